The second kappa shape index (κ2) is 4.06. The van der Waals surface area contributed by atoms with Crippen molar-refractivity contribution < 1.29 is 8.42 Å². The summed E-state index contributed by atoms with van der Waals surface area (Å²) in [5.41, 5.74) is 2.27. The van der Waals surface area contributed by atoms with E-state index in [9.17, 15) is 8.42 Å². The van der Waals surface area contributed by atoms with Crippen molar-refractivity contribution in [1.29, 1.82) is 0 Å². The van der Waals surface area contributed by atoms with Gasteiger partial charge in [-0.2, -0.15) is 0 Å². The summed E-state index contributed by atoms with van der Waals surface area (Å²) in [4.78, 5) is 0.374. The molecule has 0 saturated heterocycles. The largest absolute Gasteiger partial charge is 0.309 e. The Kier molecular flexibility index (Phi) is 2.85. The predicted molar refractivity (Wildman–Crippen MR) is 78.7 cm³/mol. The maximum atomic E-state index is 12.5. The lowest BCUT2D eigenvalue weighted by molar-refractivity contribution is 0.457. The van der Waals surface area contributed by atoms with E-state index in [2.05, 4.69) is 37.7 Å². The van der Waals surface area contributed by atoms with Crippen molar-refractivity contribution in [2.24, 2.45) is 10.8 Å². The fraction of sp³-hybridized carbons (Fsp3) is 0.600. The first-order valence-electron chi connectivity index (χ1n) is 7.01. The molecule has 5 heteroatoms. The van der Waals surface area contributed by atoms with Crippen LogP contribution in [0.5, 0.6) is 0 Å². The number of fused-ring (bicyclic) bond motifs is 1. The zero-order valence-electron chi connectivity index (χ0n) is 12.4. The Morgan fingerprint density at radius 2 is 1.70 bits per heavy atom. The molecule has 1 fully saturated rings. The van der Waals surface area contributed by atoms with Crippen molar-refractivity contribution in [3.63, 3.8) is 0 Å². The van der Waals surface area contributed by atoms with Crippen LogP contribution in [0.25, 0.3) is 0 Å². The lowest BCUT2D eigenvalue weighted by Gasteiger charge is -2.09. The number of nitrogens with one attached hydrogen (secondary N) is 2. The summed E-state index contributed by atoms with van der Waals surface area (Å²) in [6, 6.07) is 5.40. The second-order valence-electron chi connectivity index (χ2n) is 7.03. The molecule has 3 rings (SSSR count). The average Bonchev–Trinajstić information content (AvgIpc) is 2.76. The van der Waals surface area contributed by atoms with Gasteiger partial charge in [0.15, 0.2) is 0 Å². The van der Waals surface area contributed by atoms with E-state index >= 15 is 0 Å². The minimum absolute atomic E-state index is 0.00163. The van der Waals surface area contributed by atoms with Crippen LogP contribution in [0.2, 0.25) is 0 Å². The SMILES string of the molecule is CC1(C)C(NS(=O)(=O)c2ccc3c(c2)CNC3)C1(C)C. The summed E-state index contributed by atoms with van der Waals surface area (Å²) in [7, 11) is -3.44. The van der Waals surface area contributed by atoms with Crippen molar-refractivity contribution in [2.45, 2.75) is 51.7 Å². The van der Waals surface area contributed by atoms with Gasteiger partial charge in [-0.3, -0.25) is 0 Å². The van der Waals surface area contributed by atoms with E-state index in [0.29, 0.717) is 4.90 Å². The van der Waals surface area contributed by atoms with Gasteiger partial charge in [-0.15, -0.1) is 0 Å². The minimum Gasteiger partial charge on any atom is -0.309 e. The Labute approximate surface area is 121 Å². The highest BCUT2D eigenvalue weighted by molar-refractivity contribution is 7.89. The molecule has 0 amide bonds. The van der Waals surface area contributed by atoms with E-state index in [4.69, 9.17) is 0 Å². The maximum Gasteiger partial charge on any atom is 0.240 e. The van der Waals surface area contributed by atoms with Gasteiger partial charge in [0.25, 0.3) is 0 Å². The van der Waals surface area contributed by atoms with Gasteiger partial charge in [0.1, 0.15) is 0 Å². The van der Waals surface area contributed by atoms with Gasteiger partial charge in [-0.05, 0) is 34.1 Å². The highest BCUT2D eigenvalue weighted by Crippen LogP contribution is 2.62. The van der Waals surface area contributed by atoms with Crippen molar-refractivity contribution in [3.8, 4) is 0 Å². The van der Waals surface area contributed by atoms with Crippen LogP contribution in [0.3, 0.4) is 0 Å². The molecule has 110 valence electrons. The lowest BCUT2D eigenvalue weighted by Crippen LogP contribution is -2.30. The molecular formula is C15H22N2O2S. The van der Waals surface area contributed by atoms with Crippen LogP contribution < -0.4 is 10.0 Å². The molecule has 1 saturated carbocycles. The van der Waals surface area contributed by atoms with Gasteiger partial charge < -0.3 is 5.32 Å². The van der Waals surface area contributed by atoms with Crippen LogP contribution in [0.4, 0.5) is 0 Å². The molecule has 20 heavy (non-hydrogen) atoms. The van der Waals surface area contributed by atoms with E-state index in [0.717, 1.165) is 18.7 Å². The molecule has 0 spiro atoms. The molecule has 1 aromatic carbocycles. The Balaban J connectivity index is 1.87. The van der Waals surface area contributed by atoms with Gasteiger partial charge >= 0.3 is 0 Å². The quantitative estimate of drug-likeness (QED) is 0.896. The first kappa shape index (κ1) is 14.0. The first-order chi connectivity index (χ1) is 9.16. The molecule has 1 heterocycles. The van der Waals surface area contributed by atoms with Crippen LogP contribution in [0, 0.1) is 10.8 Å². The van der Waals surface area contributed by atoms with Crippen LogP contribution in [0.1, 0.15) is 38.8 Å². The molecule has 2 aliphatic rings. The van der Waals surface area contributed by atoms with Crippen LogP contribution in [-0.2, 0) is 23.1 Å². The molecule has 1 aliphatic carbocycles. The third-order valence-electron chi connectivity index (χ3n) is 5.41. The third-order valence-corrected chi connectivity index (χ3v) is 6.83. The smallest absolute Gasteiger partial charge is 0.240 e. The summed E-state index contributed by atoms with van der Waals surface area (Å²) in [5, 5.41) is 3.23. The van der Waals surface area contributed by atoms with Crippen molar-refractivity contribution in [3.05, 3.63) is 29.3 Å². The molecule has 2 N–H and O–H groups in total. The van der Waals surface area contributed by atoms with E-state index < -0.39 is 10.0 Å². The molecule has 0 atom stereocenters. The fourth-order valence-corrected chi connectivity index (χ4v) is 4.73. The Bertz CT molecular complexity index is 648. The highest BCUT2D eigenvalue weighted by Gasteiger charge is 2.66. The number of hydrogen-bond donors (Lipinski definition) is 2. The van der Waals surface area contributed by atoms with E-state index in [1.165, 1.54) is 5.56 Å². The average molecular weight is 294 g/mol. The molecule has 4 nitrogen and oxygen atoms in total. The maximum absolute atomic E-state index is 12.5. The van der Waals surface area contributed by atoms with Crippen LogP contribution >= 0.6 is 0 Å². The number of hydrogen-bond acceptors (Lipinski definition) is 3. The van der Waals surface area contributed by atoms with Crippen LogP contribution in [0.15, 0.2) is 23.1 Å². The topological polar surface area (TPSA) is 58.2 Å². The molecule has 1 aliphatic heterocycles. The lowest BCUT2D eigenvalue weighted by atomic mass is 10.0. The van der Waals surface area contributed by atoms with Gasteiger partial charge in [0, 0.05) is 19.1 Å². The van der Waals surface area contributed by atoms with Crippen LogP contribution in [-0.4, -0.2) is 14.5 Å². The molecule has 0 unspecified atom stereocenters. The van der Waals surface area contributed by atoms with Gasteiger partial charge in [-0.25, -0.2) is 13.1 Å². The Hall–Kier alpha value is -0.910. The third kappa shape index (κ3) is 1.91. The zero-order chi connectivity index (χ0) is 14.8. The highest BCUT2D eigenvalue weighted by atomic mass is 32.2. The van der Waals surface area contributed by atoms with E-state index in [1.54, 1.807) is 12.1 Å². The van der Waals surface area contributed by atoms with Crippen molar-refractivity contribution >= 4 is 10.0 Å². The van der Waals surface area contributed by atoms with Crippen molar-refractivity contribution in [2.75, 3.05) is 0 Å². The van der Waals surface area contributed by atoms with Gasteiger partial charge in [0.05, 0.1) is 4.90 Å². The second-order valence-corrected chi connectivity index (χ2v) is 8.75. The number of benzene rings is 1. The molecule has 1 aromatic rings. The van der Waals surface area contributed by atoms with Gasteiger partial charge in [-0.1, -0.05) is 33.8 Å². The summed E-state index contributed by atoms with van der Waals surface area (Å²) >= 11 is 0. The summed E-state index contributed by atoms with van der Waals surface area (Å²) in [6.07, 6.45) is 0. The minimum atomic E-state index is -3.44. The monoisotopic (exact) mass is 294 g/mol. The summed E-state index contributed by atoms with van der Waals surface area (Å²) < 4.78 is 27.9. The first-order valence-corrected chi connectivity index (χ1v) is 8.49. The van der Waals surface area contributed by atoms with Gasteiger partial charge in [0.2, 0.25) is 10.0 Å². The Morgan fingerprint density at radius 3 is 2.30 bits per heavy atom. The van der Waals surface area contributed by atoms with E-state index in [-0.39, 0.29) is 16.9 Å². The predicted octanol–water partition coefficient (Wildman–Crippen LogP) is 2.00. The summed E-state index contributed by atoms with van der Waals surface area (Å²) in [6.45, 7) is 9.99. The number of sulfonamides is 1. The molecule has 0 bridgehead atoms. The number of rotatable bonds is 3. The molecule has 0 radical (unpaired) electrons. The van der Waals surface area contributed by atoms with Crippen molar-refractivity contribution in [1.82, 2.24) is 10.0 Å². The van der Waals surface area contributed by atoms with E-state index in [1.807, 2.05) is 6.07 Å². The normalized spacial score (nSPS) is 23.6. The standard InChI is InChI=1S/C15H22N2O2S/c1-14(2)13(15(14,3)4)17-20(18,19)12-6-5-10-8-16-9-11(10)7-12/h5-7,13,16-17H,8-9H2,1-4H3. The molecule has 0 aromatic heterocycles. The summed E-state index contributed by atoms with van der Waals surface area (Å²) in [5.74, 6) is 0. The fourth-order valence-electron chi connectivity index (χ4n) is 3.15. The zero-order valence-corrected chi connectivity index (χ0v) is 13.3. The molecular weight excluding hydrogens is 272 g/mol. The Morgan fingerprint density at radius 1 is 1.10 bits per heavy atom.